The first-order valence-corrected chi connectivity index (χ1v) is 13.1. The Bertz CT molecular complexity index is 1260. The van der Waals surface area contributed by atoms with Crippen LogP contribution in [0.25, 0.3) is 0 Å². The first-order valence-electron chi connectivity index (χ1n) is 12.0. The zero-order valence-electron chi connectivity index (χ0n) is 23.3. The van der Waals surface area contributed by atoms with E-state index >= 15 is 0 Å². The van der Waals surface area contributed by atoms with Crippen LogP contribution in [0.15, 0.2) is 75.8 Å². The second kappa shape index (κ2) is 13.3. The van der Waals surface area contributed by atoms with Crippen LogP contribution >= 0.6 is 23.6 Å². The van der Waals surface area contributed by atoms with Crippen LogP contribution in [-0.4, -0.2) is 5.11 Å². The van der Waals surface area contributed by atoms with Gasteiger partial charge < -0.3 is 10.4 Å². The van der Waals surface area contributed by atoms with Gasteiger partial charge in [0, 0.05) is 15.9 Å². The third-order valence-corrected chi connectivity index (χ3v) is 7.24. The van der Waals surface area contributed by atoms with Crippen molar-refractivity contribution < 1.29 is 49.3 Å². The van der Waals surface area contributed by atoms with E-state index in [2.05, 4.69) is 86.3 Å². The fourth-order valence-electron chi connectivity index (χ4n) is 4.78. The average molecular weight is 565 g/mol. The number of rotatable bonds is 9. The number of halogens is 1. The Morgan fingerprint density at radius 2 is 1.50 bits per heavy atom. The number of phenols is 1. The average Bonchev–Trinajstić information content (AvgIpc) is 2.82. The minimum absolute atomic E-state index is 0. The molecule has 0 heterocycles. The normalized spacial score (nSPS) is 12.6. The van der Waals surface area contributed by atoms with Crippen molar-refractivity contribution in [2.45, 2.75) is 70.6 Å². The molecule has 9 heteroatoms. The van der Waals surface area contributed by atoms with Gasteiger partial charge in [-0.2, -0.15) is 4.33 Å². The number of phenolic OH excluding ortho intramolecular Hbond substituents is 1. The van der Waals surface area contributed by atoms with Crippen molar-refractivity contribution in [3.8, 4) is 5.75 Å². The van der Waals surface area contributed by atoms with Crippen LogP contribution < -0.4 is 34.8 Å². The number of azo groups is 1. The van der Waals surface area contributed by atoms with Crippen LogP contribution in [0.3, 0.4) is 0 Å². The SMILES string of the molecule is CC(C)(C)CC(C)(C)c1cc(N=Nc2cc(SOO[O-])ccc2Cl)c(O)c(C(C)(C)c2ccccc2)c1.[Na+]. The van der Waals surface area contributed by atoms with Crippen molar-refractivity contribution in [2.75, 3.05) is 0 Å². The van der Waals surface area contributed by atoms with Crippen molar-refractivity contribution in [1.82, 2.24) is 0 Å². The molecule has 3 rings (SSSR count). The van der Waals surface area contributed by atoms with Crippen LogP contribution in [0, 0.1) is 5.41 Å². The van der Waals surface area contributed by atoms with Crippen LogP contribution in [0.4, 0.5) is 11.4 Å². The summed E-state index contributed by atoms with van der Waals surface area (Å²) in [5.41, 5.74) is 3.03. The maximum atomic E-state index is 11.5. The predicted molar refractivity (Wildman–Crippen MR) is 147 cm³/mol. The summed E-state index contributed by atoms with van der Waals surface area (Å²) in [5.74, 6) is 0.0673. The molecule has 0 aliphatic heterocycles. The number of aromatic hydroxyl groups is 1. The molecule has 0 aromatic heterocycles. The second-order valence-corrected chi connectivity index (χ2v) is 12.7. The molecule has 38 heavy (non-hydrogen) atoms. The van der Waals surface area contributed by atoms with Crippen molar-refractivity contribution in [1.29, 1.82) is 0 Å². The molecule has 0 fully saturated rings. The Labute approximate surface area is 257 Å². The van der Waals surface area contributed by atoms with Crippen molar-refractivity contribution in [3.63, 3.8) is 0 Å². The molecule has 3 aromatic carbocycles. The number of hydrogen-bond acceptors (Lipinski definition) is 7. The summed E-state index contributed by atoms with van der Waals surface area (Å²) in [7, 11) is 0. The second-order valence-electron chi connectivity index (χ2n) is 11.5. The molecule has 0 bridgehead atoms. The van der Waals surface area contributed by atoms with Gasteiger partial charge in [0.15, 0.2) is 0 Å². The monoisotopic (exact) mass is 564 g/mol. The molecule has 198 valence electrons. The number of hydrogen-bond donors (Lipinski definition) is 1. The minimum atomic E-state index is -0.493. The van der Waals surface area contributed by atoms with Gasteiger partial charge in [-0.1, -0.05) is 96.5 Å². The molecule has 0 unspecified atom stereocenters. The van der Waals surface area contributed by atoms with Gasteiger partial charge in [-0.25, -0.2) is 0 Å². The van der Waals surface area contributed by atoms with Crippen LogP contribution in [0.2, 0.25) is 5.02 Å². The molecule has 0 radical (unpaired) electrons. The number of nitrogens with zero attached hydrogens (tertiary/aromatic N) is 2. The quantitative estimate of drug-likeness (QED) is 0.118. The molecule has 0 atom stereocenters. The van der Waals surface area contributed by atoms with Gasteiger partial charge in [0.2, 0.25) is 0 Å². The van der Waals surface area contributed by atoms with E-state index in [1.54, 1.807) is 18.2 Å². The molecule has 0 saturated heterocycles. The first-order chi connectivity index (χ1) is 17.2. The maximum absolute atomic E-state index is 11.5. The van der Waals surface area contributed by atoms with Crippen molar-refractivity contribution in [2.24, 2.45) is 15.6 Å². The molecule has 0 aliphatic rings. The minimum Gasteiger partial charge on any atom is -0.691 e. The van der Waals surface area contributed by atoms with E-state index in [9.17, 15) is 10.4 Å². The Morgan fingerprint density at radius 1 is 0.868 bits per heavy atom. The van der Waals surface area contributed by atoms with E-state index in [1.165, 1.54) is 0 Å². The molecular weight excluding hydrogens is 531 g/mol. The standard InChI is InChI=1S/C29H35ClN2O4S.Na/c1-27(2,3)18-28(4,5)20-15-22(29(6,7)19-11-9-8-10-12-19)26(33)25(16-20)32-31-24-17-21(37-36-35-34)13-14-23(24)30;/h8-17,33-34H,18H2,1-7H3;/q;+1/p-1. The fraction of sp³-hybridized carbons (Fsp3) is 0.379. The van der Waals surface area contributed by atoms with Gasteiger partial charge in [-0.15, -0.1) is 10.2 Å². The Morgan fingerprint density at radius 3 is 2.11 bits per heavy atom. The first kappa shape index (κ1) is 32.8. The van der Waals surface area contributed by atoms with Crippen LogP contribution in [0.1, 0.15) is 71.6 Å². The number of benzene rings is 3. The molecule has 1 N–H and O–H groups in total. The Hall–Kier alpha value is -1.42. The molecule has 3 aromatic rings. The zero-order chi connectivity index (χ0) is 27.4. The zero-order valence-corrected chi connectivity index (χ0v) is 26.9. The summed E-state index contributed by atoms with van der Waals surface area (Å²) in [6.45, 7) is 15.3. The van der Waals surface area contributed by atoms with Gasteiger partial charge in [0.25, 0.3) is 0 Å². The van der Waals surface area contributed by atoms with E-state index in [4.69, 9.17) is 11.6 Å². The largest absolute Gasteiger partial charge is 1.00 e. The van der Waals surface area contributed by atoms with Crippen molar-refractivity contribution in [3.05, 3.63) is 82.4 Å². The molecule has 0 aliphatic carbocycles. The summed E-state index contributed by atoms with van der Waals surface area (Å²) in [6, 6.07) is 19.0. The smallest absolute Gasteiger partial charge is 0.691 e. The molecule has 0 saturated carbocycles. The Kier molecular flexibility index (Phi) is 11.5. The van der Waals surface area contributed by atoms with E-state index in [0.29, 0.717) is 21.3 Å². The van der Waals surface area contributed by atoms with Crippen LogP contribution in [-0.2, 0) is 20.2 Å². The van der Waals surface area contributed by atoms with Gasteiger partial charge in [0.1, 0.15) is 17.1 Å². The summed E-state index contributed by atoms with van der Waals surface area (Å²) >= 11 is 7.08. The summed E-state index contributed by atoms with van der Waals surface area (Å²) < 4.78 is 4.39. The summed E-state index contributed by atoms with van der Waals surface area (Å²) in [4.78, 5) is 0.560. The van der Waals surface area contributed by atoms with Gasteiger partial charge in [0.05, 0.1) is 17.1 Å². The van der Waals surface area contributed by atoms with Gasteiger partial charge >= 0.3 is 29.6 Å². The van der Waals surface area contributed by atoms with E-state index < -0.39 is 5.41 Å². The van der Waals surface area contributed by atoms with Gasteiger partial charge in [-0.3, -0.25) is 5.04 Å². The molecule has 6 nitrogen and oxygen atoms in total. The van der Waals surface area contributed by atoms with Crippen LogP contribution in [0.5, 0.6) is 5.75 Å². The fourth-order valence-corrected chi connectivity index (χ4v) is 5.33. The topological polar surface area (TPSA) is 86.5 Å². The van der Waals surface area contributed by atoms with E-state index in [-0.39, 0.29) is 46.1 Å². The third kappa shape index (κ3) is 8.29. The molecule has 0 spiro atoms. The van der Waals surface area contributed by atoms with Gasteiger partial charge in [-0.05, 0) is 52.6 Å². The van der Waals surface area contributed by atoms with E-state index in [0.717, 1.165) is 35.2 Å². The predicted octanol–water partition coefficient (Wildman–Crippen LogP) is 5.74. The third-order valence-electron chi connectivity index (χ3n) is 6.35. The van der Waals surface area contributed by atoms with E-state index in [1.807, 2.05) is 24.3 Å². The van der Waals surface area contributed by atoms with Crippen molar-refractivity contribution >= 4 is 35.0 Å². The molecular formula is C29H34ClN2NaO4S. The summed E-state index contributed by atoms with van der Waals surface area (Å²) in [6.07, 6.45) is 0.930. The maximum Gasteiger partial charge on any atom is 1.00 e. The summed E-state index contributed by atoms with van der Waals surface area (Å²) in [5, 5.41) is 34.2. The molecule has 0 amide bonds. The Balaban J connectivity index is 0.00000507.